The first kappa shape index (κ1) is 16.0. The molecule has 1 fully saturated rings. The lowest BCUT2D eigenvalue weighted by Crippen LogP contribution is -2.39. The molecule has 6 nitrogen and oxygen atoms in total. The number of carbonyl (C=O) groups excluding carboxylic acids is 1. The summed E-state index contributed by atoms with van der Waals surface area (Å²) in [6.45, 7) is 5.19. The number of aliphatic hydroxyl groups excluding tert-OH is 1. The average molecular weight is 296 g/mol. The Hall–Kier alpha value is -1.40. The molecule has 1 aromatic heterocycles. The average Bonchev–Trinajstić information content (AvgIpc) is 3.19. The maximum Gasteiger partial charge on any atom is 0.273 e. The van der Waals surface area contributed by atoms with Crippen LogP contribution < -0.4 is 5.32 Å². The third-order valence-corrected chi connectivity index (χ3v) is 4.49. The number of aromatic nitrogens is 1. The number of rotatable bonds is 7. The van der Waals surface area contributed by atoms with Gasteiger partial charge in [-0.25, -0.2) is 4.98 Å². The molecule has 1 unspecified atom stereocenters. The van der Waals surface area contributed by atoms with E-state index in [-0.39, 0.29) is 24.0 Å². The van der Waals surface area contributed by atoms with Gasteiger partial charge < -0.3 is 19.6 Å². The summed E-state index contributed by atoms with van der Waals surface area (Å²) in [5, 5.41) is 12.4. The molecule has 0 radical (unpaired) electrons. The molecule has 21 heavy (non-hydrogen) atoms. The van der Waals surface area contributed by atoms with Crippen LogP contribution in [0, 0.1) is 5.41 Å². The zero-order valence-corrected chi connectivity index (χ0v) is 12.7. The lowest BCUT2D eigenvalue weighted by molar-refractivity contribution is 0.0804. The second-order valence-electron chi connectivity index (χ2n) is 5.61. The fraction of sp³-hybridized carbons (Fsp3) is 0.733. The fourth-order valence-corrected chi connectivity index (χ4v) is 2.57. The van der Waals surface area contributed by atoms with Crippen LogP contribution in [0.25, 0.3) is 0 Å². The van der Waals surface area contributed by atoms with Gasteiger partial charge in [0.1, 0.15) is 6.10 Å². The van der Waals surface area contributed by atoms with Crippen molar-refractivity contribution in [2.24, 2.45) is 5.41 Å². The van der Waals surface area contributed by atoms with Crippen LogP contribution in [-0.4, -0.2) is 35.8 Å². The standard InChI is InChI=1S/C15H24N2O4/c1-3-15(4-2,9-18)8-16-14(19)12-13(21-10-17-12)11-6-5-7-20-11/h10-11,18H,3-9H2,1-2H3,(H,16,19). The SMILES string of the molecule is CCC(CC)(CO)CNC(=O)c1ncoc1C1CCCO1. The molecule has 0 spiro atoms. The molecule has 0 bridgehead atoms. The quantitative estimate of drug-likeness (QED) is 0.804. The van der Waals surface area contributed by atoms with E-state index in [1.54, 1.807) is 0 Å². The Bertz CT molecular complexity index is 454. The first-order valence-corrected chi connectivity index (χ1v) is 7.60. The van der Waals surface area contributed by atoms with Crippen LogP contribution in [0.15, 0.2) is 10.8 Å². The molecular weight excluding hydrogens is 272 g/mol. The molecule has 118 valence electrons. The van der Waals surface area contributed by atoms with Gasteiger partial charge in [-0.2, -0.15) is 0 Å². The molecule has 0 aliphatic carbocycles. The molecule has 1 atom stereocenters. The van der Waals surface area contributed by atoms with E-state index < -0.39 is 0 Å². The summed E-state index contributed by atoms with van der Waals surface area (Å²) in [6, 6.07) is 0. The van der Waals surface area contributed by atoms with E-state index in [9.17, 15) is 9.90 Å². The van der Waals surface area contributed by atoms with E-state index in [0.717, 1.165) is 25.7 Å². The van der Waals surface area contributed by atoms with Crippen molar-refractivity contribution in [3.05, 3.63) is 17.8 Å². The van der Waals surface area contributed by atoms with Gasteiger partial charge in [-0.05, 0) is 25.7 Å². The Morgan fingerprint density at radius 2 is 2.29 bits per heavy atom. The Labute approximate surface area is 124 Å². The van der Waals surface area contributed by atoms with Crippen LogP contribution in [0.2, 0.25) is 0 Å². The zero-order valence-electron chi connectivity index (χ0n) is 12.7. The monoisotopic (exact) mass is 296 g/mol. The number of nitrogens with one attached hydrogen (secondary N) is 1. The van der Waals surface area contributed by atoms with E-state index >= 15 is 0 Å². The predicted octanol–water partition coefficient (Wildman–Crippen LogP) is 2.05. The summed E-state index contributed by atoms with van der Waals surface area (Å²) in [5.74, 6) is 0.238. The normalized spacial score (nSPS) is 18.9. The Morgan fingerprint density at radius 1 is 1.52 bits per heavy atom. The molecule has 2 heterocycles. The maximum atomic E-state index is 12.3. The smallest absolute Gasteiger partial charge is 0.273 e. The third-order valence-electron chi connectivity index (χ3n) is 4.49. The Balaban J connectivity index is 2.02. The van der Waals surface area contributed by atoms with Crippen molar-refractivity contribution in [2.75, 3.05) is 19.8 Å². The van der Waals surface area contributed by atoms with Crippen molar-refractivity contribution in [1.29, 1.82) is 0 Å². The van der Waals surface area contributed by atoms with E-state index in [4.69, 9.17) is 9.15 Å². The molecule has 1 amide bonds. The molecule has 2 N–H and O–H groups in total. The van der Waals surface area contributed by atoms with Crippen LogP contribution in [0.1, 0.15) is 61.9 Å². The second kappa shape index (κ2) is 7.04. The van der Waals surface area contributed by atoms with E-state index in [2.05, 4.69) is 10.3 Å². The molecular formula is C15H24N2O4. The summed E-state index contributed by atoms with van der Waals surface area (Å²) in [7, 11) is 0. The van der Waals surface area contributed by atoms with Crippen molar-refractivity contribution in [3.63, 3.8) is 0 Å². The number of ether oxygens (including phenoxy) is 1. The number of amides is 1. The van der Waals surface area contributed by atoms with E-state index in [1.165, 1.54) is 6.39 Å². The second-order valence-corrected chi connectivity index (χ2v) is 5.61. The van der Waals surface area contributed by atoms with Crippen LogP contribution in [0.4, 0.5) is 0 Å². The lowest BCUT2D eigenvalue weighted by atomic mass is 9.83. The fourth-order valence-electron chi connectivity index (χ4n) is 2.57. The van der Waals surface area contributed by atoms with Gasteiger partial charge >= 0.3 is 0 Å². The molecule has 1 aliphatic rings. The number of hydrogen-bond donors (Lipinski definition) is 2. The van der Waals surface area contributed by atoms with E-state index in [0.29, 0.717) is 24.6 Å². The molecule has 6 heteroatoms. The molecule has 1 saturated heterocycles. The molecule has 1 aromatic rings. The first-order valence-electron chi connectivity index (χ1n) is 7.60. The first-order chi connectivity index (χ1) is 10.2. The zero-order chi connectivity index (χ0) is 15.3. The highest BCUT2D eigenvalue weighted by molar-refractivity contribution is 5.93. The van der Waals surface area contributed by atoms with Gasteiger partial charge in [-0.15, -0.1) is 0 Å². The Kier molecular flexibility index (Phi) is 5.36. The number of aliphatic hydroxyl groups is 1. The van der Waals surface area contributed by atoms with Gasteiger partial charge in [0.2, 0.25) is 0 Å². The largest absolute Gasteiger partial charge is 0.445 e. The van der Waals surface area contributed by atoms with Gasteiger partial charge in [0.15, 0.2) is 17.8 Å². The van der Waals surface area contributed by atoms with Crippen LogP contribution in [0.5, 0.6) is 0 Å². The van der Waals surface area contributed by atoms with Gasteiger partial charge in [0.25, 0.3) is 5.91 Å². The van der Waals surface area contributed by atoms with Crippen LogP contribution in [0.3, 0.4) is 0 Å². The van der Waals surface area contributed by atoms with Gasteiger partial charge in [-0.1, -0.05) is 13.8 Å². The van der Waals surface area contributed by atoms with Crippen molar-refractivity contribution in [2.45, 2.75) is 45.6 Å². The minimum absolute atomic E-state index is 0.0533. The van der Waals surface area contributed by atoms with E-state index in [1.807, 2.05) is 13.8 Å². The van der Waals surface area contributed by atoms with Crippen LogP contribution in [-0.2, 0) is 4.74 Å². The minimum Gasteiger partial charge on any atom is -0.445 e. The van der Waals surface area contributed by atoms with Gasteiger partial charge in [-0.3, -0.25) is 4.79 Å². The highest BCUT2D eigenvalue weighted by Crippen LogP contribution is 2.30. The number of oxazole rings is 1. The van der Waals surface area contributed by atoms with Crippen LogP contribution >= 0.6 is 0 Å². The van der Waals surface area contributed by atoms with Crippen molar-refractivity contribution < 1.29 is 19.1 Å². The predicted molar refractivity (Wildman–Crippen MR) is 76.9 cm³/mol. The summed E-state index contributed by atoms with van der Waals surface area (Å²) < 4.78 is 10.9. The summed E-state index contributed by atoms with van der Waals surface area (Å²) in [6.07, 6.45) is 4.53. The summed E-state index contributed by atoms with van der Waals surface area (Å²) in [5.41, 5.74) is 0.0182. The summed E-state index contributed by atoms with van der Waals surface area (Å²) >= 11 is 0. The topological polar surface area (TPSA) is 84.6 Å². The van der Waals surface area contributed by atoms with Crippen molar-refractivity contribution >= 4 is 5.91 Å². The summed E-state index contributed by atoms with van der Waals surface area (Å²) in [4.78, 5) is 16.3. The minimum atomic E-state index is -0.274. The van der Waals surface area contributed by atoms with Crippen molar-refractivity contribution in [3.8, 4) is 0 Å². The molecule has 0 saturated carbocycles. The number of hydrogen-bond acceptors (Lipinski definition) is 5. The highest BCUT2D eigenvalue weighted by Gasteiger charge is 2.30. The molecule has 2 rings (SSSR count). The Morgan fingerprint density at radius 3 is 2.86 bits per heavy atom. The number of nitrogens with zero attached hydrogens (tertiary/aromatic N) is 1. The third kappa shape index (κ3) is 3.44. The lowest BCUT2D eigenvalue weighted by Gasteiger charge is -2.29. The van der Waals surface area contributed by atoms with Gasteiger partial charge in [0.05, 0.1) is 6.61 Å². The van der Waals surface area contributed by atoms with Gasteiger partial charge in [0, 0.05) is 18.6 Å². The highest BCUT2D eigenvalue weighted by atomic mass is 16.5. The number of carbonyl (C=O) groups is 1. The molecule has 0 aromatic carbocycles. The maximum absolute atomic E-state index is 12.3. The van der Waals surface area contributed by atoms with Crippen molar-refractivity contribution in [1.82, 2.24) is 10.3 Å². The molecule has 1 aliphatic heterocycles.